The van der Waals surface area contributed by atoms with Gasteiger partial charge in [-0.2, -0.15) is 0 Å². The Labute approximate surface area is 88.8 Å². The Hall–Kier alpha value is -0.260. The Bertz CT molecular complexity index is 212. The standard InChI is InChI=1S/C14H24/c1-4-11(5-2)12-7-6-8-13(12)14-9-10(14)3/h11-14H,3-9H2,1-2H3. The van der Waals surface area contributed by atoms with E-state index < -0.39 is 0 Å². The van der Waals surface area contributed by atoms with Crippen LogP contribution in [0.5, 0.6) is 0 Å². The van der Waals surface area contributed by atoms with Gasteiger partial charge in [0.25, 0.3) is 0 Å². The van der Waals surface area contributed by atoms with Gasteiger partial charge in [-0.1, -0.05) is 45.3 Å². The summed E-state index contributed by atoms with van der Waals surface area (Å²) in [4.78, 5) is 0. The minimum Gasteiger partial charge on any atom is -0.0995 e. The summed E-state index contributed by atoms with van der Waals surface area (Å²) in [7, 11) is 0. The highest BCUT2D eigenvalue weighted by Gasteiger charge is 2.43. The molecule has 0 aromatic heterocycles. The van der Waals surface area contributed by atoms with Crippen LogP contribution < -0.4 is 0 Å². The topological polar surface area (TPSA) is 0 Å². The second kappa shape index (κ2) is 4.08. The highest BCUT2D eigenvalue weighted by molar-refractivity contribution is 5.21. The molecule has 0 heterocycles. The summed E-state index contributed by atoms with van der Waals surface area (Å²) in [6.45, 7) is 8.87. The van der Waals surface area contributed by atoms with Crippen LogP contribution in [0.2, 0.25) is 0 Å². The zero-order valence-corrected chi connectivity index (χ0v) is 9.76. The van der Waals surface area contributed by atoms with Crippen molar-refractivity contribution in [3.05, 3.63) is 12.2 Å². The van der Waals surface area contributed by atoms with E-state index >= 15 is 0 Å². The summed E-state index contributed by atoms with van der Waals surface area (Å²) in [5.74, 6) is 3.99. The van der Waals surface area contributed by atoms with Crippen molar-refractivity contribution >= 4 is 0 Å². The summed E-state index contributed by atoms with van der Waals surface area (Å²) in [5, 5.41) is 0. The molecule has 80 valence electrons. The van der Waals surface area contributed by atoms with Crippen molar-refractivity contribution in [1.82, 2.24) is 0 Å². The smallest absolute Gasteiger partial charge is 0.0137 e. The SMILES string of the molecule is C=C1CC1C1CCCC1C(CC)CC. The van der Waals surface area contributed by atoms with E-state index in [9.17, 15) is 0 Å². The van der Waals surface area contributed by atoms with Gasteiger partial charge in [0.2, 0.25) is 0 Å². The summed E-state index contributed by atoms with van der Waals surface area (Å²) in [6.07, 6.45) is 8.59. The first-order chi connectivity index (χ1) is 6.77. The highest BCUT2D eigenvalue weighted by atomic mass is 14.5. The Morgan fingerprint density at radius 3 is 2.43 bits per heavy atom. The van der Waals surface area contributed by atoms with Gasteiger partial charge < -0.3 is 0 Å². The molecule has 2 rings (SSSR count). The number of rotatable bonds is 4. The van der Waals surface area contributed by atoms with Crippen molar-refractivity contribution < 1.29 is 0 Å². The minimum absolute atomic E-state index is 0.933. The van der Waals surface area contributed by atoms with Crippen LogP contribution in [0.25, 0.3) is 0 Å². The van der Waals surface area contributed by atoms with Crippen molar-refractivity contribution in [1.29, 1.82) is 0 Å². The lowest BCUT2D eigenvalue weighted by atomic mass is 9.78. The van der Waals surface area contributed by atoms with Crippen LogP contribution in [0.3, 0.4) is 0 Å². The predicted molar refractivity (Wildman–Crippen MR) is 62.2 cm³/mol. The van der Waals surface area contributed by atoms with E-state index in [2.05, 4.69) is 20.4 Å². The third-order valence-electron chi connectivity index (χ3n) is 4.64. The van der Waals surface area contributed by atoms with E-state index in [0.29, 0.717) is 0 Å². The second-order valence-corrected chi connectivity index (χ2v) is 5.30. The van der Waals surface area contributed by atoms with Crippen LogP contribution in [0.4, 0.5) is 0 Å². The fraction of sp³-hybridized carbons (Fsp3) is 0.857. The lowest BCUT2D eigenvalue weighted by Gasteiger charge is -2.27. The van der Waals surface area contributed by atoms with Crippen molar-refractivity contribution in [2.75, 3.05) is 0 Å². The molecule has 2 aliphatic carbocycles. The molecule has 2 fully saturated rings. The molecule has 0 N–H and O–H groups in total. The number of hydrogen-bond acceptors (Lipinski definition) is 0. The molecule has 3 atom stereocenters. The molecule has 0 spiro atoms. The van der Waals surface area contributed by atoms with Crippen LogP contribution in [-0.4, -0.2) is 0 Å². The molecule has 0 heteroatoms. The highest BCUT2D eigenvalue weighted by Crippen LogP contribution is 2.53. The molecule has 0 saturated heterocycles. The Balaban J connectivity index is 1.99. The number of hydrogen-bond donors (Lipinski definition) is 0. The number of allylic oxidation sites excluding steroid dienone is 1. The molecule has 0 bridgehead atoms. The summed E-state index contributed by atoms with van der Waals surface area (Å²) >= 11 is 0. The molecule has 0 amide bonds. The first kappa shape index (κ1) is 10.3. The third kappa shape index (κ3) is 1.76. The predicted octanol–water partition coefficient (Wildman–Crippen LogP) is 4.42. The van der Waals surface area contributed by atoms with Crippen LogP contribution in [-0.2, 0) is 0 Å². The van der Waals surface area contributed by atoms with Gasteiger partial charge in [0.1, 0.15) is 0 Å². The van der Waals surface area contributed by atoms with Gasteiger partial charge in [-0.25, -0.2) is 0 Å². The van der Waals surface area contributed by atoms with Crippen molar-refractivity contribution in [2.24, 2.45) is 23.7 Å². The van der Waals surface area contributed by atoms with Crippen molar-refractivity contribution in [2.45, 2.75) is 52.4 Å². The molecule has 0 radical (unpaired) electrons. The second-order valence-electron chi connectivity index (χ2n) is 5.30. The summed E-state index contributed by atoms with van der Waals surface area (Å²) in [5.41, 5.74) is 1.55. The van der Waals surface area contributed by atoms with Gasteiger partial charge in [-0.3, -0.25) is 0 Å². The fourth-order valence-corrected chi connectivity index (χ4v) is 3.67. The quantitative estimate of drug-likeness (QED) is 0.579. The van der Waals surface area contributed by atoms with Crippen molar-refractivity contribution in [3.63, 3.8) is 0 Å². The maximum Gasteiger partial charge on any atom is -0.0137 e. The van der Waals surface area contributed by atoms with E-state index in [0.717, 1.165) is 23.7 Å². The minimum atomic E-state index is 0.933. The average Bonchev–Trinajstić information content (AvgIpc) is 2.74. The Morgan fingerprint density at radius 2 is 1.93 bits per heavy atom. The molecule has 2 saturated carbocycles. The molecule has 0 nitrogen and oxygen atoms in total. The Morgan fingerprint density at radius 1 is 1.29 bits per heavy atom. The molecular weight excluding hydrogens is 168 g/mol. The van der Waals surface area contributed by atoms with Gasteiger partial charge in [0.15, 0.2) is 0 Å². The van der Waals surface area contributed by atoms with Crippen LogP contribution in [0.1, 0.15) is 52.4 Å². The molecule has 0 aromatic rings. The van der Waals surface area contributed by atoms with Gasteiger partial charge in [0, 0.05) is 0 Å². The normalized spacial score (nSPS) is 36.8. The molecule has 0 aliphatic heterocycles. The van der Waals surface area contributed by atoms with Gasteiger partial charge in [-0.15, -0.1) is 0 Å². The maximum absolute atomic E-state index is 4.14. The first-order valence-electron chi connectivity index (χ1n) is 6.45. The molecule has 3 unspecified atom stereocenters. The molecular formula is C14H24. The Kier molecular flexibility index (Phi) is 2.99. The lowest BCUT2D eigenvalue weighted by Crippen LogP contribution is -2.19. The maximum atomic E-state index is 4.14. The monoisotopic (exact) mass is 192 g/mol. The van der Waals surface area contributed by atoms with Gasteiger partial charge in [0.05, 0.1) is 0 Å². The molecule has 14 heavy (non-hydrogen) atoms. The lowest BCUT2D eigenvalue weighted by molar-refractivity contribution is 0.230. The van der Waals surface area contributed by atoms with E-state index in [1.165, 1.54) is 38.5 Å². The zero-order valence-electron chi connectivity index (χ0n) is 9.76. The summed E-state index contributed by atoms with van der Waals surface area (Å²) in [6, 6.07) is 0. The third-order valence-corrected chi connectivity index (χ3v) is 4.64. The van der Waals surface area contributed by atoms with E-state index in [4.69, 9.17) is 0 Å². The zero-order chi connectivity index (χ0) is 10.1. The summed E-state index contributed by atoms with van der Waals surface area (Å²) < 4.78 is 0. The first-order valence-corrected chi connectivity index (χ1v) is 6.45. The van der Waals surface area contributed by atoms with E-state index in [1.54, 1.807) is 5.57 Å². The van der Waals surface area contributed by atoms with Gasteiger partial charge >= 0.3 is 0 Å². The molecule has 0 aromatic carbocycles. The van der Waals surface area contributed by atoms with Gasteiger partial charge in [-0.05, 0) is 42.9 Å². The van der Waals surface area contributed by atoms with Crippen LogP contribution >= 0.6 is 0 Å². The van der Waals surface area contributed by atoms with E-state index in [-0.39, 0.29) is 0 Å². The van der Waals surface area contributed by atoms with E-state index in [1.807, 2.05) is 0 Å². The largest absolute Gasteiger partial charge is 0.0995 e. The van der Waals surface area contributed by atoms with Crippen LogP contribution in [0.15, 0.2) is 12.2 Å². The van der Waals surface area contributed by atoms with Crippen molar-refractivity contribution in [3.8, 4) is 0 Å². The van der Waals surface area contributed by atoms with Crippen LogP contribution in [0, 0.1) is 23.7 Å². The fourth-order valence-electron chi connectivity index (χ4n) is 3.67. The molecule has 2 aliphatic rings. The average molecular weight is 192 g/mol.